The van der Waals surface area contributed by atoms with Crippen LogP contribution in [-0.2, 0) is 5.41 Å². The molecule has 0 atom stereocenters. The first-order chi connectivity index (χ1) is 6.50. The fourth-order valence-electron chi connectivity index (χ4n) is 1.90. The van der Waals surface area contributed by atoms with Crippen LogP contribution in [0.3, 0.4) is 0 Å². The Morgan fingerprint density at radius 3 is 2.57 bits per heavy atom. The molecule has 0 saturated heterocycles. The van der Waals surface area contributed by atoms with Crippen molar-refractivity contribution in [1.82, 2.24) is 0 Å². The maximum atomic E-state index is 13.0. The van der Waals surface area contributed by atoms with Crippen molar-refractivity contribution in [2.45, 2.75) is 25.7 Å². The Kier molecular flexibility index (Phi) is 1.98. The molecule has 0 bridgehead atoms. The molecule has 1 nitrogen and oxygen atoms in total. The minimum absolute atomic E-state index is 0.0743. The fraction of sp³-hybridized carbons (Fsp3) is 0.455. The van der Waals surface area contributed by atoms with Crippen molar-refractivity contribution in [3.63, 3.8) is 0 Å². The second-order valence-corrected chi connectivity index (χ2v) is 4.37. The number of rotatable bonds is 0. The van der Waals surface area contributed by atoms with Crippen molar-refractivity contribution in [2.24, 2.45) is 0 Å². The molecule has 0 radical (unpaired) electrons. The number of benzene rings is 1. The first-order valence-electron chi connectivity index (χ1n) is 4.74. The van der Waals surface area contributed by atoms with E-state index in [1.54, 1.807) is 0 Å². The number of hydrogen-bond acceptors (Lipinski definition) is 1. The molecule has 1 aromatic carbocycles. The predicted octanol–water partition coefficient (Wildman–Crippen LogP) is 3.06. The Balaban J connectivity index is 2.59. The molecule has 1 heterocycles. The van der Waals surface area contributed by atoms with Crippen LogP contribution < -0.4 is 5.32 Å². The van der Waals surface area contributed by atoms with Crippen LogP contribution in [0.4, 0.5) is 14.5 Å². The topological polar surface area (TPSA) is 12.0 Å². The van der Waals surface area contributed by atoms with Crippen molar-refractivity contribution in [3.05, 3.63) is 29.3 Å². The van der Waals surface area contributed by atoms with Gasteiger partial charge in [-0.15, -0.1) is 0 Å². The summed E-state index contributed by atoms with van der Waals surface area (Å²) in [6, 6.07) is 2.54. The average molecular weight is 197 g/mol. The smallest absolute Gasteiger partial charge is 0.160 e. The average Bonchev–Trinajstić information content (AvgIpc) is 2.08. The summed E-state index contributed by atoms with van der Waals surface area (Å²) in [6.07, 6.45) is 0.936. The number of anilines is 1. The molecule has 1 aromatic rings. The Bertz CT molecular complexity index is 372. The van der Waals surface area contributed by atoms with Gasteiger partial charge in [0, 0.05) is 18.3 Å². The van der Waals surface area contributed by atoms with Gasteiger partial charge >= 0.3 is 0 Å². The van der Waals surface area contributed by atoms with E-state index in [1.807, 2.05) is 13.8 Å². The number of hydrogen-bond donors (Lipinski definition) is 1. The summed E-state index contributed by atoms with van der Waals surface area (Å²) in [5.41, 5.74) is 1.51. The first kappa shape index (κ1) is 9.44. The number of nitrogens with one attached hydrogen (secondary N) is 1. The zero-order valence-electron chi connectivity index (χ0n) is 8.32. The minimum atomic E-state index is -0.783. The van der Waals surface area contributed by atoms with Crippen molar-refractivity contribution >= 4 is 5.69 Å². The fourth-order valence-corrected chi connectivity index (χ4v) is 1.90. The highest BCUT2D eigenvalue weighted by Crippen LogP contribution is 2.37. The molecule has 0 unspecified atom stereocenters. The van der Waals surface area contributed by atoms with E-state index in [9.17, 15) is 8.78 Å². The van der Waals surface area contributed by atoms with Gasteiger partial charge in [0.15, 0.2) is 11.6 Å². The van der Waals surface area contributed by atoms with Crippen molar-refractivity contribution in [2.75, 3.05) is 11.9 Å². The molecule has 0 aliphatic carbocycles. The third kappa shape index (κ3) is 1.37. The molecule has 0 saturated carbocycles. The van der Waals surface area contributed by atoms with Crippen molar-refractivity contribution in [3.8, 4) is 0 Å². The van der Waals surface area contributed by atoms with Gasteiger partial charge < -0.3 is 5.32 Å². The van der Waals surface area contributed by atoms with Gasteiger partial charge in [-0.3, -0.25) is 0 Å². The van der Waals surface area contributed by atoms with E-state index in [1.165, 1.54) is 12.1 Å². The number of fused-ring (bicyclic) bond motifs is 1. The highest BCUT2D eigenvalue weighted by atomic mass is 19.2. The standard InChI is InChI=1S/C11H13F2N/c1-11(2)3-4-14-10-6-9(13)8(12)5-7(10)11/h5-6,14H,3-4H2,1-2H3. The van der Waals surface area contributed by atoms with Gasteiger partial charge in [0.1, 0.15) is 0 Å². The van der Waals surface area contributed by atoms with Crippen LogP contribution in [0.25, 0.3) is 0 Å². The Labute approximate surface area is 82.1 Å². The second kappa shape index (κ2) is 2.94. The molecule has 0 aromatic heterocycles. The summed E-state index contributed by atoms with van der Waals surface area (Å²) in [5, 5.41) is 3.08. The lowest BCUT2D eigenvalue weighted by Crippen LogP contribution is -2.28. The van der Waals surface area contributed by atoms with Gasteiger partial charge in [0.05, 0.1) is 0 Å². The van der Waals surface area contributed by atoms with Gasteiger partial charge in [0.2, 0.25) is 0 Å². The molecule has 0 spiro atoms. The highest BCUT2D eigenvalue weighted by molar-refractivity contribution is 5.56. The molecular weight excluding hydrogens is 184 g/mol. The lowest BCUT2D eigenvalue weighted by atomic mass is 9.78. The molecule has 76 valence electrons. The zero-order valence-corrected chi connectivity index (χ0v) is 8.32. The maximum Gasteiger partial charge on any atom is 0.160 e. The van der Waals surface area contributed by atoms with E-state index in [2.05, 4.69) is 5.32 Å². The van der Waals surface area contributed by atoms with Crippen LogP contribution >= 0.6 is 0 Å². The van der Waals surface area contributed by atoms with Crippen LogP contribution in [0, 0.1) is 11.6 Å². The summed E-state index contributed by atoms with van der Waals surface area (Å²) in [5.74, 6) is -1.55. The summed E-state index contributed by atoms with van der Waals surface area (Å²) in [4.78, 5) is 0. The van der Waals surface area contributed by atoms with Gasteiger partial charge in [-0.2, -0.15) is 0 Å². The highest BCUT2D eigenvalue weighted by Gasteiger charge is 2.28. The summed E-state index contributed by atoms with van der Waals surface area (Å²) < 4.78 is 26.0. The lowest BCUT2D eigenvalue weighted by Gasteiger charge is -2.33. The van der Waals surface area contributed by atoms with E-state index >= 15 is 0 Å². The van der Waals surface area contributed by atoms with E-state index in [0.29, 0.717) is 0 Å². The molecule has 1 N–H and O–H groups in total. The van der Waals surface area contributed by atoms with E-state index in [-0.39, 0.29) is 5.41 Å². The maximum absolute atomic E-state index is 13.0. The first-order valence-corrected chi connectivity index (χ1v) is 4.74. The predicted molar refractivity (Wildman–Crippen MR) is 52.5 cm³/mol. The lowest BCUT2D eigenvalue weighted by molar-refractivity contribution is 0.463. The largest absolute Gasteiger partial charge is 0.385 e. The van der Waals surface area contributed by atoms with Crippen molar-refractivity contribution in [1.29, 1.82) is 0 Å². The van der Waals surface area contributed by atoms with Crippen LogP contribution in [0.5, 0.6) is 0 Å². The third-order valence-electron chi connectivity index (χ3n) is 2.86. The quantitative estimate of drug-likeness (QED) is 0.674. The Hall–Kier alpha value is -1.12. The van der Waals surface area contributed by atoms with Crippen LogP contribution in [0.15, 0.2) is 12.1 Å². The normalized spacial score (nSPS) is 18.6. The molecule has 0 amide bonds. The summed E-state index contributed by atoms with van der Waals surface area (Å²) in [7, 11) is 0. The Morgan fingerprint density at radius 1 is 1.21 bits per heavy atom. The van der Waals surface area contributed by atoms with Crippen LogP contribution in [0.1, 0.15) is 25.8 Å². The summed E-state index contributed by atoms with van der Waals surface area (Å²) in [6.45, 7) is 4.90. The van der Waals surface area contributed by atoms with Gasteiger partial charge in [-0.05, 0) is 23.5 Å². The molecule has 1 aliphatic heterocycles. The molecule has 1 aliphatic rings. The van der Waals surface area contributed by atoms with Gasteiger partial charge in [-0.25, -0.2) is 8.78 Å². The monoisotopic (exact) mass is 197 g/mol. The zero-order chi connectivity index (χ0) is 10.3. The van der Waals surface area contributed by atoms with Gasteiger partial charge in [0.25, 0.3) is 0 Å². The second-order valence-electron chi connectivity index (χ2n) is 4.37. The molecule has 0 fully saturated rings. The van der Waals surface area contributed by atoms with Crippen LogP contribution in [0.2, 0.25) is 0 Å². The van der Waals surface area contributed by atoms with E-state index in [4.69, 9.17) is 0 Å². The number of halogens is 2. The molecule has 14 heavy (non-hydrogen) atoms. The molecular formula is C11H13F2N. The minimum Gasteiger partial charge on any atom is -0.385 e. The summed E-state index contributed by atoms with van der Waals surface area (Å²) >= 11 is 0. The molecule has 2 rings (SSSR count). The molecule has 3 heteroatoms. The van der Waals surface area contributed by atoms with Crippen LogP contribution in [-0.4, -0.2) is 6.54 Å². The SMILES string of the molecule is CC1(C)CCNc2cc(F)c(F)cc21. The van der Waals surface area contributed by atoms with Gasteiger partial charge in [-0.1, -0.05) is 13.8 Å². The van der Waals surface area contributed by atoms with E-state index < -0.39 is 11.6 Å². The third-order valence-corrected chi connectivity index (χ3v) is 2.86. The van der Waals surface area contributed by atoms with Crippen molar-refractivity contribution < 1.29 is 8.78 Å². The Morgan fingerprint density at radius 2 is 1.86 bits per heavy atom. The van der Waals surface area contributed by atoms with E-state index in [0.717, 1.165) is 24.2 Å².